The first kappa shape index (κ1) is 18.8. The number of carbonyl (C=O) groups is 1. The van der Waals surface area contributed by atoms with E-state index in [1.54, 1.807) is 23.0 Å². The third-order valence-electron chi connectivity index (χ3n) is 3.42. The molecule has 0 atom stereocenters. The number of benzene rings is 2. The number of hydrazone groups is 1. The van der Waals surface area contributed by atoms with Gasteiger partial charge in [0.05, 0.1) is 17.2 Å². The number of amides is 1. The summed E-state index contributed by atoms with van der Waals surface area (Å²) in [4.78, 5) is 12.3. The molecule has 26 heavy (non-hydrogen) atoms. The number of rotatable bonds is 5. The molecule has 0 aliphatic heterocycles. The van der Waals surface area contributed by atoms with E-state index >= 15 is 0 Å². The first-order valence-electron chi connectivity index (χ1n) is 7.57. The number of nitrogens with one attached hydrogen (secondary N) is 1. The maximum Gasteiger partial charge on any atom is 0.293 e. The lowest BCUT2D eigenvalue weighted by Gasteiger charge is -2.02. The monoisotopic (exact) mass is 494 g/mol. The Morgan fingerprint density at radius 1 is 1.23 bits per heavy atom. The molecule has 0 bridgehead atoms. The molecular weight excluding hydrogens is 483 g/mol. The van der Waals surface area contributed by atoms with Crippen LogP contribution in [0.15, 0.2) is 68.8 Å². The van der Waals surface area contributed by atoms with Gasteiger partial charge in [0.25, 0.3) is 5.91 Å². The first-order valence-corrected chi connectivity index (χ1v) is 9.54. The zero-order valence-electron chi connectivity index (χ0n) is 13.4. The van der Waals surface area contributed by atoms with Crippen LogP contribution >= 0.6 is 43.5 Å². The summed E-state index contributed by atoms with van der Waals surface area (Å²) in [5.41, 5.74) is 4.60. The van der Waals surface area contributed by atoms with Gasteiger partial charge in [-0.15, -0.1) is 0 Å². The van der Waals surface area contributed by atoms with Gasteiger partial charge in [0.2, 0.25) is 0 Å². The molecule has 1 heterocycles. The van der Waals surface area contributed by atoms with E-state index in [4.69, 9.17) is 11.6 Å². The summed E-state index contributed by atoms with van der Waals surface area (Å²) < 4.78 is 3.31. The van der Waals surface area contributed by atoms with Crippen molar-refractivity contribution in [1.29, 1.82) is 0 Å². The van der Waals surface area contributed by atoms with E-state index in [0.717, 1.165) is 15.6 Å². The molecule has 0 fully saturated rings. The topological polar surface area (TPSA) is 59.3 Å². The van der Waals surface area contributed by atoms with Crippen LogP contribution in [-0.4, -0.2) is 21.9 Å². The molecule has 8 heteroatoms. The lowest BCUT2D eigenvalue weighted by atomic mass is 10.2. The summed E-state index contributed by atoms with van der Waals surface area (Å²) in [6.45, 7) is 0.560. The Balaban J connectivity index is 1.66. The minimum atomic E-state index is -0.398. The Morgan fingerprint density at radius 3 is 2.73 bits per heavy atom. The number of aromatic nitrogens is 2. The fourth-order valence-corrected chi connectivity index (χ4v) is 3.17. The number of halogens is 3. The minimum Gasteiger partial charge on any atom is -0.266 e. The molecule has 0 aliphatic carbocycles. The second-order valence-electron chi connectivity index (χ2n) is 5.40. The standard InChI is InChI=1S/C18H13Br2ClN4O/c19-14-6-4-12(5-7-14)10-25-11-16(20)17(24-25)18(26)23-22-9-13-2-1-3-15(21)8-13/h1-9,11H,10H2,(H,23,26). The number of hydrogen-bond acceptors (Lipinski definition) is 3. The van der Waals surface area contributed by atoms with Crippen LogP contribution in [0.3, 0.4) is 0 Å². The van der Waals surface area contributed by atoms with E-state index in [9.17, 15) is 4.79 Å². The molecule has 1 aromatic heterocycles. The van der Waals surface area contributed by atoms with Crippen molar-refractivity contribution in [3.63, 3.8) is 0 Å². The molecule has 3 rings (SSSR count). The van der Waals surface area contributed by atoms with Crippen molar-refractivity contribution in [1.82, 2.24) is 15.2 Å². The fourth-order valence-electron chi connectivity index (χ4n) is 2.21. The molecule has 2 aromatic carbocycles. The molecule has 0 unspecified atom stereocenters. The molecule has 0 saturated heterocycles. The van der Waals surface area contributed by atoms with Gasteiger partial charge in [-0.25, -0.2) is 5.43 Å². The van der Waals surface area contributed by atoms with E-state index in [2.05, 4.69) is 47.5 Å². The van der Waals surface area contributed by atoms with Gasteiger partial charge in [-0.05, 0) is 51.3 Å². The molecule has 132 valence electrons. The van der Waals surface area contributed by atoms with E-state index in [-0.39, 0.29) is 5.69 Å². The van der Waals surface area contributed by atoms with Crippen LogP contribution in [0.1, 0.15) is 21.6 Å². The van der Waals surface area contributed by atoms with Crippen LogP contribution in [0.25, 0.3) is 0 Å². The molecule has 0 spiro atoms. The Labute approximate surface area is 172 Å². The highest BCUT2D eigenvalue weighted by atomic mass is 79.9. The first-order chi connectivity index (χ1) is 12.5. The van der Waals surface area contributed by atoms with Crippen molar-refractivity contribution in [3.05, 3.63) is 85.5 Å². The van der Waals surface area contributed by atoms with Crippen LogP contribution in [0.2, 0.25) is 5.02 Å². The minimum absolute atomic E-state index is 0.269. The van der Waals surface area contributed by atoms with Crippen LogP contribution in [0, 0.1) is 0 Å². The Bertz CT molecular complexity index is 954. The van der Waals surface area contributed by atoms with Gasteiger partial charge in [0.1, 0.15) is 0 Å². The average Bonchev–Trinajstić information content (AvgIpc) is 2.97. The summed E-state index contributed by atoms with van der Waals surface area (Å²) in [5.74, 6) is -0.398. The molecular formula is C18H13Br2ClN4O. The normalized spacial score (nSPS) is 11.0. The average molecular weight is 497 g/mol. The van der Waals surface area contributed by atoms with Gasteiger partial charge in [-0.1, -0.05) is 51.8 Å². The van der Waals surface area contributed by atoms with Crippen LogP contribution in [0.5, 0.6) is 0 Å². The lowest BCUT2D eigenvalue weighted by molar-refractivity contribution is 0.0948. The number of carbonyl (C=O) groups excluding carboxylic acids is 1. The highest BCUT2D eigenvalue weighted by Crippen LogP contribution is 2.17. The largest absolute Gasteiger partial charge is 0.293 e. The highest BCUT2D eigenvalue weighted by molar-refractivity contribution is 9.10. The van der Waals surface area contributed by atoms with Crippen molar-refractivity contribution in [3.8, 4) is 0 Å². The number of nitrogens with zero attached hydrogens (tertiary/aromatic N) is 3. The summed E-state index contributed by atoms with van der Waals surface area (Å²) >= 11 is 12.7. The van der Waals surface area contributed by atoms with Crippen molar-refractivity contribution in [2.75, 3.05) is 0 Å². The SMILES string of the molecule is O=C(NN=Cc1cccc(Cl)c1)c1nn(Cc2ccc(Br)cc2)cc1Br. The summed E-state index contributed by atoms with van der Waals surface area (Å²) in [6.07, 6.45) is 3.29. The van der Waals surface area contributed by atoms with E-state index in [0.29, 0.717) is 16.0 Å². The van der Waals surface area contributed by atoms with Gasteiger partial charge < -0.3 is 0 Å². The van der Waals surface area contributed by atoms with Crippen LogP contribution < -0.4 is 5.43 Å². The zero-order chi connectivity index (χ0) is 18.5. The summed E-state index contributed by atoms with van der Waals surface area (Å²) in [7, 11) is 0. The van der Waals surface area contributed by atoms with E-state index in [1.807, 2.05) is 36.4 Å². The van der Waals surface area contributed by atoms with Crippen LogP contribution in [-0.2, 0) is 6.54 Å². The van der Waals surface area contributed by atoms with Crippen molar-refractivity contribution in [2.45, 2.75) is 6.54 Å². The zero-order valence-corrected chi connectivity index (χ0v) is 17.3. The van der Waals surface area contributed by atoms with Crippen LogP contribution in [0.4, 0.5) is 0 Å². The Hall–Kier alpha value is -1.96. The molecule has 3 aromatic rings. The predicted molar refractivity (Wildman–Crippen MR) is 110 cm³/mol. The second-order valence-corrected chi connectivity index (χ2v) is 7.61. The lowest BCUT2D eigenvalue weighted by Crippen LogP contribution is -2.19. The third-order valence-corrected chi connectivity index (χ3v) is 4.76. The molecule has 0 radical (unpaired) electrons. The third kappa shape index (κ3) is 5.03. The summed E-state index contributed by atoms with van der Waals surface area (Å²) in [6, 6.07) is 15.1. The van der Waals surface area contributed by atoms with Crippen molar-refractivity contribution < 1.29 is 4.79 Å². The Morgan fingerprint density at radius 2 is 2.00 bits per heavy atom. The van der Waals surface area contributed by atoms with Gasteiger partial charge in [0, 0.05) is 15.7 Å². The van der Waals surface area contributed by atoms with Gasteiger partial charge >= 0.3 is 0 Å². The summed E-state index contributed by atoms with van der Waals surface area (Å²) in [5, 5.41) is 8.87. The maximum atomic E-state index is 12.3. The Kier molecular flexibility index (Phi) is 6.24. The molecule has 0 aliphatic rings. The predicted octanol–water partition coefficient (Wildman–Crippen LogP) is 4.87. The van der Waals surface area contributed by atoms with E-state index < -0.39 is 5.91 Å². The fraction of sp³-hybridized carbons (Fsp3) is 0.0556. The smallest absolute Gasteiger partial charge is 0.266 e. The number of hydrogen-bond donors (Lipinski definition) is 1. The van der Waals surface area contributed by atoms with Gasteiger partial charge in [-0.2, -0.15) is 10.2 Å². The molecule has 0 saturated carbocycles. The molecule has 1 amide bonds. The van der Waals surface area contributed by atoms with E-state index in [1.165, 1.54) is 6.21 Å². The molecule has 5 nitrogen and oxygen atoms in total. The maximum absolute atomic E-state index is 12.3. The second kappa shape index (κ2) is 8.62. The highest BCUT2D eigenvalue weighted by Gasteiger charge is 2.14. The van der Waals surface area contributed by atoms with Crippen molar-refractivity contribution in [2.24, 2.45) is 5.10 Å². The quantitative estimate of drug-likeness (QED) is 0.405. The van der Waals surface area contributed by atoms with Gasteiger partial charge in [0.15, 0.2) is 5.69 Å². The molecule has 1 N–H and O–H groups in total. The van der Waals surface area contributed by atoms with Crippen molar-refractivity contribution >= 4 is 55.6 Å². The van der Waals surface area contributed by atoms with Gasteiger partial charge in [-0.3, -0.25) is 9.48 Å².